The molecule has 1 fully saturated rings. The van der Waals surface area contributed by atoms with Crippen molar-refractivity contribution < 1.29 is 9.53 Å². The number of ether oxygens (including phenoxy) is 1. The van der Waals surface area contributed by atoms with Gasteiger partial charge in [0, 0.05) is 19.2 Å². The van der Waals surface area contributed by atoms with E-state index in [0.29, 0.717) is 6.54 Å². The van der Waals surface area contributed by atoms with Crippen LogP contribution in [0.1, 0.15) is 43.0 Å². The van der Waals surface area contributed by atoms with Gasteiger partial charge in [0.25, 0.3) is 0 Å². The minimum Gasteiger partial charge on any atom is -0.496 e. The highest BCUT2D eigenvalue weighted by atomic mass is 16.5. The number of likely N-dealkylation sites (tertiary alicyclic amines) is 1. The van der Waals surface area contributed by atoms with Crippen molar-refractivity contribution in [2.45, 2.75) is 31.8 Å². The topological polar surface area (TPSA) is 44.8 Å². The number of nitrogens with one attached hydrogen (secondary N) is 1. The maximum Gasteiger partial charge on any atom is 0.317 e. The smallest absolute Gasteiger partial charge is 0.317 e. The minimum atomic E-state index is -0.0851. The van der Waals surface area contributed by atoms with E-state index in [4.69, 9.17) is 4.74 Å². The van der Waals surface area contributed by atoms with Crippen LogP contribution in [0.15, 0.2) is 54.6 Å². The Morgan fingerprint density at radius 2 is 1.75 bits per heavy atom. The molecule has 28 heavy (non-hydrogen) atoms. The van der Waals surface area contributed by atoms with Gasteiger partial charge in [-0.1, -0.05) is 48.5 Å². The Balaban J connectivity index is 1.66. The van der Waals surface area contributed by atoms with Crippen LogP contribution in [0.2, 0.25) is 0 Å². The van der Waals surface area contributed by atoms with Gasteiger partial charge in [-0.2, -0.15) is 0 Å². The molecule has 0 aliphatic carbocycles. The first-order valence-electron chi connectivity index (χ1n) is 10.0. The highest BCUT2D eigenvalue weighted by molar-refractivity contribution is 5.74. The molecule has 0 spiro atoms. The Kier molecular flexibility index (Phi) is 6.93. The van der Waals surface area contributed by atoms with Crippen LogP contribution in [0.3, 0.4) is 0 Å². The third-order valence-electron chi connectivity index (χ3n) is 5.70. The normalized spacial score (nSPS) is 16.4. The monoisotopic (exact) mass is 381 g/mol. The van der Waals surface area contributed by atoms with Crippen LogP contribution in [0.25, 0.3) is 0 Å². The van der Waals surface area contributed by atoms with E-state index in [-0.39, 0.29) is 18.1 Å². The molecule has 5 nitrogen and oxygen atoms in total. The van der Waals surface area contributed by atoms with Crippen molar-refractivity contribution in [1.29, 1.82) is 0 Å². The van der Waals surface area contributed by atoms with Gasteiger partial charge in [-0.3, -0.25) is 4.90 Å². The predicted octanol–water partition coefficient (Wildman–Crippen LogP) is 4.23. The summed E-state index contributed by atoms with van der Waals surface area (Å²) in [6.07, 6.45) is 2.45. The molecule has 0 bridgehead atoms. The van der Waals surface area contributed by atoms with Crippen LogP contribution in [0.5, 0.6) is 5.75 Å². The first-order valence-corrected chi connectivity index (χ1v) is 10.0. The number of carbonyl (C=O) groups excluding carboxylic acids is 1. The Morgan fingerprint density at radius 3 is 2.43 bits per heavy atom. The van der Waals surface area contributed by atoms with E-state index in [1.54, 1.807) is 12.0 Å². The average Bonchev–Trinajstić information content (AvgIpc) is 3.28. The molecule has 1 aliphatic rings. The van der Waals surface area contributed by atoms with Crippen LogP contribution in [0, 0.1) is 0 Å². The number of para-hydroxylation sites is 1. The van der Waals surface area contributed by atoms with Crippen molar-refractivity contribution in [2.24, 2.45) is 0 Å². The number of hydrogen-bond donors (Lipinski definition) is 1. The molecule has 1 saturated heterocycles. The summed E-state index contributed by atoms with van der Waals surface area (Å²) in [5.41, 5.74) is 2.26. The lowest BCUT2D eigenvalue weighted by atomic mass is 10.1. The van der Waals surface area contributed by atoms with E-state index in [9.17, 15) is 4.79 Å². The Hall–Kier alpha value is -2.53. The average molecular weight is 382 g/mol. The lowest BCUT2D eigenvalue weighted by Crippen LogP contribution is -2.43. The van der Waals surface area contributed by atoms with Gasteiger partial charge in [0.05, 0.1) is 19.2 Å². The molecule has 1 aliphatic heterocycles. The molecule has 2 aromatic carbocycles. The number of nitrogens with zero attached hydrogens (tertiary/aromatic N) is 2. The SMILES string of the molecule is COc1ccccc1C(C)N(C)C(=O)NCC(c1ccccc1)N1CCCC1. The number of rotatable bonds is 7. The minimum absolute atomic E-state index is 0.0708. The van der Waals surface area contributed by atoms with Gasteiger partial charge in [0.15, 0.2) is 0 Å². The van der Waals surface area contributed by atoms with Crippen LogP contribution >= 0.6 is 0 Å². The zero-order chi connectivity index (χ0) is 19.9. The maximum atomic E-state index is 12.9. The number of methoxy groups -OCH3 is 1. The molecule has 0 saturated carbocycles. The van der Waals surface area contributed by atoms with Gasteiger partial charge in [-0.15, -0.1) is 0 Å². The molecule has 2 aromatic rings. The van der Waals surface area contributed by atoms with E-state index in [1.165, 1.54) is 18.4 Å². The highest BCUT2D eigenvalue weighted by Gasteiger charge is 2.25. The van der Waals surface area contributed by atoms with Crippen molar-refractivity contribution in [1.82, 2.24) is 15.1 Å². The van der Waals surface area contributed by atoms with Crippen molar-refractivity contribution in [3.05, 3.63) is 65.7 Å². The van der Waals surface area contributed by atoms with Crippen LogP contribution in [0.4, 0.5) is 4.79 Å². The summed E-state index contributed by atoms with van der Waals surface area (Å²) in [5, 5.41) is 3.15. The quantitative estimate of drug-likeness (QED) is 0.780. The Bertz CT molecular complexity index is 759. The summed E-state index contributed by atoms with van der Waals surface area (Å²) < 4.78 is 5.45. The molecular formula is C23H31N3O2. The number of amides is 2. The van der Waals surface area contributed by atoms with Crippen molar-refractivity contribution in [3.63, 3.8) is 0 Å². The fourth-order valence-electron chi connectivity index (χ4n) is 3.89. The molecule has 5 heteroatoms. The van der Waals surface area contributed by atoms with E-state index in [1.807, 2.05) is 44.3 Å². The Morgan fingerprint density at radius 1 is 1.11 bits per heavy atom. The largest absolute Gasteiger partial charge is 0.496 e. The Labute approximate surface area is 168 Å². The van der Waals surface area contributed by atoms with Gasteiger partial charge in [-0.25, -0.2) is 4.79 Å². The zero-order valence-electron chi connectivity index (χ0n) is 17.1. The molecule has 3 rings (SSSR count). The van der Waals surface area contributed by atoms with Crippen LogP contribution < -0.4 is 10.1 Å². The molecule has 1 heterocycles. The molecule has 1 N–H and O–H groups in total. The first kappa shape index (κ1) is 20.2. The van der Waals surface area contributed by atoms with Gasteiger partial charge < -0.3 is 15.0 Å². The maximum absolute atomic E-state index is 12.9. The summed E-state index contributed by atoms with van der Waals surface area (Å²) in [6.45, 7) is 4.80. The van der Waals surface area contributed by atoms with Crippen molar-refractivity contribution in [2.75, 3.05) is 33.8 Å². The zero-order valence-corrected chi connectivity index (χ0v) is 17.1. The van der Waals surface area contributed by atoms with Crippen molar-refractivity contribution >= 4 is 6.03 Å². The lowest BCUT2D eigenvalue weighted by molar-refractivity contribution is 0.184. The number of carbonyl (C=O) groups is 1. The summed E-state index contributed by atoms with van der Waals surface area (Å²) in [7, 11) is 3.49. The van der Waals surface area contributed by atoms with E-state index in [0.717, 1.165) is 24.4 Å². The second kappa shape index (κ2) is 9.60. The van der Waals surface area contributed by atoms with E-state index >= 15 is 0 Å². The third-order valence-corrected chi connectivity index (χ3v) is 5.70. The fraction of sp³-hybridized carbons (Fsp3) is 0.435. The number of benzene rings is 2. The second-order valence-electron chi connectivity index (χ2n) is 7.38. The summed E-state index contributed by atoms with van der Waals surface area (Å²) in [4.78, 5) is 17.1. The molecule has 0 aromatic heterocycles. The van der Waals surface area contributed by atoms with E-state index in [2.05, 4.69) is 34.5 Å². The molecule has 0 radical (unpaired) electrons. The van der Waals surface area contributed by atoms with Gasteiger partial charge in [0.2, 0.25) is 0 Å². The molecule has 2 unspecified atom stereocenters. The van der Waals surface area contributed by atoms with Crippen molar-refractivity contribution in [3.8, 4) is 5.75 Å². The standard InChI is InChI=1S/C23H31N3O2/c1-18(20-13-7-8-14-22(20)28-3)25(2)23(27)24-17-21(26-15-9-10-16-26)19-11-5-4-6-12-19/h4-8,11-14,18,21H,9-10,15-17H2,1-3H3,(H,24,27). The highest BCUT2D eigenvalue weighted by Crippen LogP contribution is 2.28. The van der Waals surface area contributed by atoms with E-state index < -0.39 is 0 Å². The number of urea groups is 1. The fourth-order valence-corrected chi connectivity index (χ4v) is 3.89. The van der Waals surface area contributed by atoms with Gasteiger partial charge >= 0.3 is 6.03 Å². The second-order valence-corrected chi connectivity index (χ2v) is 7.38. The molecule has 2 amide bonds. The van der Waals surface area contributed by atoms with Gasteiger partial charge in [0.1, 0.15) is 5.75 Å². The lowest BCUT2D eigenvalue weighted by Gasteiger charge is -2.31. The summed E-state index contributed by atoms with van der Waals surface area (Å²) >= 11 is 0. The summed E-state index contributed by atoms with van der Waals surface area (Å²) in [6, 6.07) is 18.4. The first-order chi connectivity index (χ1) is 13.6. The molecular weight excluding hydrogens is 350 g/mol. The van der Waals surface area contributed by atoms with Gasteiger partial charge in [-0.05, 0) is 44.5 Å². The summed E-state index contributed by atoms with van der Waals surface area (Å²) in [5.74, 6) is 0.800. The number of hydrogen-bond acceptors (Lipinski definition) is 3. The predicted molar refractivity (Wildman–Crippen MR) is 113 cm³/mol. The molecule has 150 valence electrons. The molecule has 2 atom stereocenters. The van der Waals surface area contributed by atoms with Crippen LogP contribution in [-0.4, -0.2) is 49.6 Å². The third kappa shape index (κ3) is 4.65. The van der Waals surface area contributed by atoms with Crippen LogP contribution in [-0.2, 0) is 0 Å².